The average molecular weight is 346 g/mol. The Bertz CT molecular complexity index is 820. The highest BCUT2D eigenvalue weighted by atomic mass is 16.1. The minimum Gasteiger partial charge on any atom is -0.355 e. The van der Waals surface area contributed by atoms with Gasteiger partial charge < -0.3 is 10.6 Å². The highest BCUT2D eigenvalue weighted by molar-refractivity contribution is 5.94. The number of rotatable bonds is 7. The molecule has 1 atom stereocenters. The van der Waals surface area contributed by atoms with Crippen LogP contribution in [0.3, 0.4) is 0 Å². The summed E-state index contributed by atoms with van der Waals surface area (Å²) in [6.07, 6.45) is 3.81. The molecule has 0 saturated carbocycles. The molecule has 0 radical (unpaired) electrons. The highest BCUT2D eigenvalue weighted by Gasteiger charge is 2.17. The predicted molar refractivity (Wildman–Crippen MR) is 103 cm³/mol. The number of aromatic nitrogens is 2. The van der Waals surface area contributed by atoms with Crippen molar-refractivity contribution in [2.75, 3.05) is 11.9 Å². The first-order valence-electron chi connectivity index (χ1n) is 8.72. The highest BCUT2D eigenvalue weighted by Crippen LogP contribution is 2.19. The third kappa shape index (κ3) is 4.66. The maximum absolute atomic E-state index is 12.7. The number of anilines is 1. The molecule has 5 heteroatoms. The average Bonchev–Trinajstić information content (AvgIpc) is 2.70. The van der Waals surface area contributed by atoms with E-state index in [1.54, 1.807) is 12.4 Å². The maximum Gasteiger partial charge on any atom is 0.254 e. The first kappa shape index (κ1) is 17.6. The largest absolute Gasteiger partial charge is 0.355 e. The van der Waals surface area contributed by atoms with E-state index in [4.69, 9.17) is 0 Å². The zero-order valence-corrected chi connectivity index (χ0v) is 14.7. The Morgan fingerprint density at radius 2 is 1.58 bits per heavy atom. The molecule has 132 valence electrons. The van der Waals surface area contributed by atoms with Gasteiger partial charge in [-0.25, -0.2) is 9.97 Å². The zero-order valence-electron chi connectivity index (χ0n) is 14.7. The van der Waals surface area contributed by atoms with Crippen LogP contribution in [-0.4, -0.2) is 22.4 Å². The smallest absolute Gasteiger partial charge is 0.254 e. The number of nitrogens with one attached hydrogen (secondary N) is 2. The van der Waals surface area contributed by atoms with Crippen LogP contribution in [0.1, 0.15) is 34.5 Å². The molecule has 0 aliphatic carbocycles. The lowest BCUT2D eigenvalue weighted by molar-refractivity contribution is 0.0936. The second-order valence-corrected chi connectivity index (χ2v) is 5.95. The van der Waals surface area contributed by atoms with E-state index in [9.17, 15) is 4.79 Å². The quantitative estimate of drug-likeness (QED) is 0.686. The van der Waals surface area contributed by atoms with Crippen LogP contribution in [0.5, 0.6) is 0 Å². The van der Waals surface area contributed by atoms with E-state index in [2.05, 4.69) is 32.7 Å². The Kier molecular flexibility index (Phi) is 5.93. The normalized spacial score (nSPS) is 11.6. The third-order valence-electron chi connectivity index (χ3n) is 4.04. The van der Waals surface area contributed by atoms with Gasteiger partial charge in [0.05, 0.1) is 11.6 Å². The molecule has 3 aromatic rings. The Morgan fingerprint density at radius 1 is 0.962 bits per heavy atom. The summed E-state index contributed by atoms with van der Waals surface area (Å²) in [6.45, 7) is 2.71. The molecule has 0 spiro atoms. The summed E-state index contributed by atoms with van der Waals surface area (Å²) in [5, 5.41) is 6.13. The van der Waals surface area contributed by atoms with Gasteiger partial charge in [0, 0.05) is 18.9 Å². The fourth-order valence-electron chi connectivity index (χ4n) is 2.72. The van der Waals surface area contributed by atoms with E-state index in [1.165, 1.54) is 5.56 Å². The molecule has 0 unspecified atom stereocenters. The van der Waals surface area contributed by atoms with Crippen LogP contribution >= 0.6 is 0 Å². The van der Waals surface area contributed by atoms with Crippen molar-refractivity contribution >= 4 is 11.9 Å². The molecule has 0 bridgehead atoms. The monoisotopic (exact) mass is 346 g/mol. The molecule has 5 nitrogen and oxygen atoms in total. The van der Waals surface area contributed by atoms with Gasteiger partial charge in [-0.15, -0.1) is 0 Å². The fraction of sp³-hybridized carbons (Fsp3) is 0.190. The lowest BCUT2D eigenvalue weighted by atomic mass is 9.98. The summed E-state index contributed by atoms with van der Waals surface area (Å²) in [6, 6.07) is 20.0. The number of carbonyl (C=O) groups is 1. The maximum atomic E-state index is 12.7. The number of hydrogen-bond acceptors (Lipinski definition) is 4. The molecule has 0 aliphatic rings. The van der Waals surface area contributed by atoms with Gasteiger partial charge in [-0.05, 0) is 24.5 Å². The molecule has 2 N–H and O–H groups in total. The fourth-order valence-corrected chi connectivity index (χ4v) is 2.72. The van der Waals surface area contributed by atoms with Crippen molar-refractivity contribution in [1.29, 1.82) is 0 Å². The van der Waals surface area contributed by atoms with Crippen LogP contribution < -0.4 is 10.6 Å². The Morgan fingerprint density at radius 3 is 2.19 bits per heavy atom. The van der Waals surface area contributed by atoms with E-state index in [0.717, 1.165) is 12.1 Å². The number of amides is 1. The minimum absolute atomic E-state index is 0.125. The van der Waals surface area contributed by atoms with Gasteiger partial charge in [0.1, 0.15) is 0 Å². The van der Waals surface area contributed by atoms with Crippen molar-refractivity contribution in [2.24, 2.45) is 0 Å². The minimum atomic E-state index is -0.183. The molecular weight excluding hydrogens is 324 g/mol. The van der Waals surface area contributed by atoms with Crippen molar-refractivity contribution in [1.82, 2.24) is 15.3 Å². The summed E-state index contributed by atoms with van der Waals surface area (Å²) in [5.41, 5.74) is 2.68. The van der Waals surface area contributed by atoms with Crippen LogP contribution in [0.4, 0.5) is 5.95 Å². The third-order valence-corrected chi connectivity index (χ3v) is 4.04. The molecule has 1 aromatic heterocycles. The van der Waals surface area contributed by atoms with Gasteiger partial charge in [-0.1, -0.05) is 60.7 Å². The molecule has 2 aromatic carbocycles. The summed E-state index contributed by atoms with van der Waals surface area (Å²) < 4.78 is 0. The van der Waals surface area contributed by atoms with Crippen LogP contribution in [0.15, 0.2) is 73.1 Å². The van der Waals surface area contributed by atoms with Gasteiger partial charge in [0.2, 0.25) is 5.95 Å². The number of nitrogens with zero attached hydrogens (tertiary/aromatic N) is 2. The number of benzene rings is 2. The van der Waals surface area contributed by atoms with Crippen molar-refractivity contribution in [3.63, 3.8) is 0 Å². The first-order chi connectivity index (χ1) is 12.8. The molecule has 1 heterocycles. The molecule has 0 fully saturated rings. The van der Waals surface area contributed by atoms with Crippen LogP contribution in [-0.2, 0) is 6.42 Å². The summed E-state index contributed by atoms with van der Waals surface area (Å²) in [5.74, 6) is 0.339. The topological polar surface area (TPSA) is 66.9 Å². The molecule has 0 saturated heterocycles. The van der Waals surface area contributed by atoms with E-state index >= 15 is 0 Å². The van der Waals surface area contributed by atoms with Gasteiger partial charge >= 0.3 is 0 Å². The van der Waals surface area contributed by atoms with E-state index in [0.29, 0.717) is 17.9 Å². The summed E-state index contributed by atoms with van der Waals surface area (Å²) in [4.78, 5) is 21.0. The Hall–Kier alpha value is -3.21. The first-order valence-corrected chi connectivity index (χ1v) is 8.72. The summed E-state index contributed by atoms with van der Waals surface area (Å²) >= 11 is 0. The van der Waals surface area contributed by atoms with Gasteiger partial charge in [-0.2, -0.15) is 0 Å². The van der Waals surface area contributed by atoms with Crippen LogP contribution in [0, 0.1) is 0 Å². The number of hydrogen-bond donors (Lipinski definition) is 2. The standard InChI is InChI=1S/C21H22N4O/c1-2-22-21-23-14-18(15-24-21)20(26)25-19(17-11-7-4-8-12-17)13-16-9-5-3-6-10-16/h3-12,14-15,19H,2,13H2,1H3,(H,25,26)(H,22,23,24)/t19-/m1/s1. The van der Waals surface area contributed by atoms with Crippen molar-refractivity contribution in [3.8, 4) is 0 Å². The van der Waals surface area contributed by atoms with Crippen LogP contribution in [0.25, 0.3) is 0 Å². The zero-order chi connectivity index (χ0) is 18.2. The lowest BCUT2D eigenvalue weighted by Crippen LogP contribution is -2.30. The van der Waals surface area contributed by atoms with E-state index in [1.807, 2.05) is 55.5 Å². The Balaban J connectivity index is 1.77. The van der Waals surface area contributed by atoms with E-state index < -0.39 is 0 Å². The van der Waals surface area contributed by atoms with Gasteiger partial charge in [-0.3, -0.25) is 4.79 Å². The van der Waals surface area contributed by atoms with Gasteiger partial charge in [0.25, 0.3) is 5.91 Å². The second-order valence-electron chi connectivity index (χ2n) is 5.95. The second kappa shape index (κ2) is 8.76. The lowest BCUT2D eigenvalue weighted by Gasteiger charge is -2.19. The van der Waals surface area contributed by atoms with Crippen molar-refractivity contribution in [2.45, 2.75) is 19.4 Å². The van der Waals surface area contributed by atoms with Crippen molar-refractivity contribution < 1.29 is 4.79 Å². The van der Waals surface area contributed by atoms with Crippen molar-refractivity contribution in [3.05, 3.63) is 89.7 Å². The Labute approximate surface area is 153 Å². The molecule has 0 aliphatic heterocycles. The van der Waals surface area contributed by atoms with Gasteiger partial charge in [0.15, 0.2) is 0 Å². The molecule has 26 heavy (non-hydrogen) atoms. The SMILES string of the molecule is CCNc1ncc(C(=O)N[C@H](Cc2ccccc2)c2ccccc2)cn1. The molecular formula is C21H22N4O. The molecule has 3 rings (SSSR count). The van der Waals surface area contributed by atoms with Crippen LogP contribution in [0.2, 0.25) is 0 Å². The predicted octanol–water partition coefficient (Wildman–Crippen LogP) is 3.62. The molecule has 1 amide bonds. The number of carbonyl (C=O) groups excluding carboxylic acids is 1. The summed E-state index contributed by atoms with van der Waals surface area (Å²) in [7, 11) is 0. The van der Waals surface area contributed by atoms with E-state index in [-0.39, 0.29) is 11.9 Å².